The molecular formula is C13H16FNO2. The topological polar surface area (TPSA) is 32.7 Å². The van der Waals surface area contributed by atoms with Crippen LogP contribution in [0.5, 0.6) is 0 Å². The Hall–Kier alpha value is -0.970. The lowest BCUT2D eigenvalue weighted by Gasteiger charge is -2.22. The minimum Gasteiger partial charge on any atom is -0.394 e. The maximum absolute atomic E-state index is 12.9. The van der Waals surface area contributed by atoms with Crippen molar-refractivity contribution in [2.24, 2.45) is 0 Å². The van der Waals surface area contributed by atoms with Crippen LogP contribution in [0.1, 0.15) is 24.6 Å². The van der Waals surface area contributed by atoms with E-state index in [1.165, 1.54) is 25.0 Å². The highest BCUT2D eigenvalue weighted by Gasteiger charge is 2.41. The summed E-state index contributed by atoms with van der Waals surface area (Å²) in [6, 6.07) is 7.00. The average molecular weight is 237 g/mol. The standard InChI is InChI=1S/C13H16FNO2/c14-10-3-1-9(2-4-10)13-15(11-5-6-11)7-12(8-16)17-13/h1-4,11-13,16H,5-8H2. The van der Waals surface area contributed by atoms with Crippen LogP contribution < -0.4 is 0 Å². The number of aliphatic hydroxyl groups is 1. The van der Waals surface area contributed by atoms with E-state index in [2.05, 4.69) is 4.90 Å². The molecular weight excluding hydrogens is 221 g/mol. The van der Waals surface area contributed by atoms with Crippen molar-refractivity contribution >= 4 is 0 Å². The highest BCUT2D eigenvalue weighted by molar-refractivity contribution is 5.20. The Bertz CT molecular complexity index is 391. The second kappa shape index (κ2) is 4.37. The number of nitrogens with zero attached hydrogens (tertiary/aromatic N) is 1. The molecule has 4 heteroatoms. The van der Waals surface area contributed by atoms with Crippen LogP contribution in [0.4, 0.5) is 4.39 Å². The van der Waals surface area contributed by atoms with Gasteiger partial charge in [0.05, 0.1) is 12.7 Å². The van der Waals surface area contributed by atoms with Crippen LogP contribution in [-0.4, -0.2) is 35.3 Å². The van der Waals surface area contributed by atoms with Crippen LogP contribution in [0.3, 0.4) is 0 Å². The molecule has 0 bridgehead atoms. The van der Waals surface area contributed by atoms with E-state index in [0.717, 1.165) is 12.1 Å². The maximum Gasteiger partial charge on any atom is 0.137 e. The van der Waals surface area contributed by atoms with Gasteiger partial charge in [0.15, 0.2) is 0 Å². The van der Waals surface area contributed by atoms with Crippen molar-refractivity contribution in [3.8, 4) is 0 Å². The number of hydrogen-bond acceptors (Lipinski definition) is 3. The second-order valence-electron chi connectivity index (χ2n) is 4.77. The molecule has 2 aliphatic rings. The molecule has 1 aromatic carbocycles. The molecule has 2 atom stereocenters. The molecule has 0 radical (unpaired) electrons. The first-order chi connectivity index (χ1) is 8.28. The van der Waals surface area contributed by atoms with Gasteiger partial charge >= 0.3 is 0 Å². The van der Waals surface area contributed by atoms with Gasteiger partial charge in [0.2, 0.25) is 0 Å². The third kappa shape index (κ3) is 2.20. The number of ether oxygens (including phenoxy) is 1. The number of halogens is 1. The SMILES string of the molecule is OCC1CN(C2CC2)C(c2ccc(F)cc2)O1. The van der Waals surface area contributed by atoms with Crippen LogP contribution in [0.25, 0.3) is 0 Å². The van der Waals surface area contributed by atoms with Crippen LogP contribution in [0.2, 0.25) is 0 Å². The van der Waals surface area contributed by atoms with Gasteiger partial charge < -0.3 is 9.84 Å². The van der Waals surface area contributed by atoms with Crippen LogP contribution in [-0.2, 0) is 4.74 Å². The first-order valence-corrected chi connectivity index (χ1v) is 6.05. The predicted molar refractivity (Wildman–Crippen MR) is 60.8 cm³/mol. The predicted octanol–water partition coefficient (Wildman–Crippen LogP) is 1.68. The van der Waals surface area contributed by atoms with Gasteiger partial charge in [-0.2, -0.15) is 0 Å². The molecule has 0 aromatic heterocycles. The molecule has 3 rings (SSSR count). The smallest absolute Gasteiger partial charge is 0.137 e. The molecule has 1 heterocycles. The molecule has 92 valence electrons. The first-order valence-electron chi connectivity index (χ1n) is 6.05. The van der Waals surface area contributed by atoms with E-state index in [1.54, 1.807) is 12.1 Å². The van der Waals surface area contributed by atoms with Crippen molar-refractivity contribution in [2.75, 3.05) is 13.2 Å². The van der Waals surface area contributed by atoms with E-state index >= 15 is 0 Å². The minimum absolute atomic E-state index is 0.0426. The number of benzene rings is 1. The van der Waals surface area contributed by atoms with Gasteiger partial charge in [0.1, 0.15) is 12.0 Å². The van der Waals surface area contributed by atoms with E-state index in [4.69, 9.17) is 4.74 Å². The van der Waals surface area contributed by atoms with Gasteiger partial charge in [0, 0.05) is 12.6 Å². The summed E-state index contributed by atoms with van der Waals surface area (Å²) < 4.78 is 18.7. The van der Waals surface area contributed by atoms with E-state index in [0.29, 0.717) is 6.04 Å². The van der Waals surface area contributed by atoms with E-state index in [1.807, 2.05) is 0 Å². The summed E-state index contributed by atoms with van der Waals surface area (Å²) in [6.45, 7) is 0.810. The molecule has 2 unspecified atom stereocenters. The highest BCUT2D eigenvalue weighted by Crippen LogP contribution is 2.39. The molecule has 17 heavy (non-hydrogen) atoms. The van der Waals surface area contributed by atoms with E-state index in [-0.39, 0.29) is 24.8 Å². The lowest BCUT2D eigenvalue weighted by atomic mass is 10.2. The second-order valence-corrected chi connectivity index (χ2v) is 4.77. The summed E-state index contributed by atoms with van der Waals surface area (Å²) in [7, 11) is 0. The molecule has 1 aromatic rings. The number of hydrogen-bond donors (Lipinski definition) is 1. The Morgan fingerprint density at radius 2 is 2.00 bits per heavy atom. The minimum atomic E-state index is -0.233. The summed E-state index contributed by atoms with van der Waals surface area (Å²) in [5.74, 6) is -0.233. The Morgan fingerprint density at radius 1 is 1.29 bits per heavy atom. The van der Waals surface area contributed by atoms with Gasteiger partial charge in [-0.3, -0.25) is 4.90 Å². The molecule has 3 nitrogen and oxygen atoms in total. The average Bonchev–Trinajstić information content (AvgIpc) is 3.10. The zero-order chi connectivity index (χ0) is 11.8. The van der Waals surface area contributed by atoms with Crippen LogP contribution >= 0.6 is 0 Å². The highest BCUT2D eigenvalue weighted by atomic mass is 19.1. The summed E-state index contributed by atoms with van der Waals surface area (Å²) in [4.78, 5) is 2.27. The van der Waals surface area contributed by atoms with Crippen LogP contribution in [0, 0.1) is 5.82 Å². The fourth-order valence-corrected chi connectivity index (χ4v) is 2.38. The third-order valence-corrected chi connectivity index (χ3v) is 3.41. The zero-order valence-corrected chi connectivity index (χ0v) is 9.55. The quantitative estimate of drug-likeness (QED) is 0.868. The van der Waals surface area contributed by atoms with Crippen molar-refractivity contribution in [3.63, 3.8) is 0 Å². The molecule has 0 amide bonds. The summed E-state index contributed by atoms with van der Waals surface area (Å²) >= 11 is 0. The molecule has 2 fully saturated rings. The summed E-state index contributed by atoms with van der Waals surface area (Å²) in [6.07, 6.45) is 2.14. The summed E-state index contributed by atoms with van der Waals surface area (Å²) in [5.41, 5.74) is 0.967. The zero-order valence-electron chi connectivity index (χ0n) is 9.55. The van der Waals surface area contributed by atoms with Crippen molar-refractivity contribution < 1.29 is 14.2 Å². The summed E-state index contributed by atoms with van der Waals surface area (Å²) in [5, 5.41) is 9.18. The molecule has 1 aliphatic heterocycles. The Kier molecular flexibility index (Phi) is 2.86. The maximum atomic E-state index is 12.9. The van der Waals surface area contributed by atoms with E-state index in [9.17, 15) is 9.50 Å². The fourth-order valence-electron chi connectivity index (χ4n) is 2.38. The molecule has 0 spiro atoms. The number of rotatable bonds is 3. The number of aliphatic hydroxyl groups excluding tert-OH is 1. The molecule has 1 saturated heterocycles. The Morgan fingerprint density at radius 3 is 2.59 bits per heavy atom. The van der Waals surface area contributed by atoms with Gasteiger partial charge in [-0.1, -0.05) is 12.1 Å². The Balaban J connectivity index is 1.82. The Labute approximate surface area is 99.8 Å². The molecule has 1 saturated carbocycles. The molecule has 1 N–H and O–H groups in total. The normalized spacial score (nSPS) is 29.8. The van der Waals surface area contributed by atoms with E-state index < -0.39 is 0 Å². The largest absolute Gasteiger partial charge is 0.394 e. The van der Waals surface area contributed by atoms with Crippen LogP contribution in [0.15, 0.2) is 24.3 Å². The monoisotopic (exact) mass is 237 g/mol. The molecule has 1 aliphatic carbocycles. The lowest BCUT2D eigenvalue weighted by Crippen LogP contribution is -2.27. The lowest BCUT2D eigenvalue weighted by molar-refractivity contribution is -0.0216. The first kappa shape index (κ1) is 11.1. The van der Waals surface area contributed by atoms with Gasteiger partial charge in [0.25, 0.3) is 0 Å². The van der Waals surface area contributed by atoms with Crippen molar-refractivity contribution in [3.05, 3.63) is 35.6 Å². The van der Waals surface area contributed by atoms with Crippen molar-refractivity contribution in [1.29, 1.82) is 0 Å². The van der Waals surface area contributed by atoms with Crippen molar-refractivity contribution in [1.82, 2.24) is 4.90 Å². The fraction of sp³-hybridized carbons (Fsp3) is 0.538. The third-order valence-electron chi connectivity index (χ3n) is 3.41. The van der Waals surface area contributed by atoms with Gasteiger partial charge in [-0.05, 0) is 30.5 Å². The van der Waals surface area contributed by atoms with Crippen molar-refractivity contribution in [2.45, 2.75) is 31.2 Å². The van der Waals surface area contributed by atoms with Gasteiger partial charge in [-0.15, -0.1) is 0 Å². The van der Waals surface area contributed by atoms with Gasteiger partial charge in [-0.25, -0.2) is 4.39 Å².